The maximum Gasteiger partial charge on any atom is 0.239 e. The maximum atomic E-state index is 12.1. The topological polar surface area (TPSA) is 57.3 Å². The van der Waals surface area contributed by atoms with Gasteiger partial charge in [0.2, 0.25) is 5.91 Å². The largest absolute Gasteiger partial charge is 0.367 e. The van der Waals surface area contributed by atoms with Crippen molar-refractivity contribution in [1.29, 1.82) is 0 Å². The first-order chi connectivity index (χ1) is 11.6. The van der Waals surface area contributed by atoms with Gasteiger partial charge in [0.15, 0.2) is 0 Å². The zero-order chi connectivity index (χ0) is 17.4. The second-order valence-electron chi connectivity index (χ2n) is 5.11. The highest BCUT2D eigenvalue weighted by Crippen LogP contribution is 2.22. The first-order valence-corrected chi connectivity index (χ1v) is 8.47. The van der Waals surface area contributed by atoms with Crippen LogP contribution in [0.1, 0.15) is 6.92 Å². The fourth-order valence-corrected chi connectivity index (χ4v) is 2.63. The number of halogens is 2. The summed E-state index contributed by atoms with van der Waals surface area (Å²) in [6.45, 7) is 4.11. The van der Waals surface area contributed by atoms with Gasteiger partial charge in [-0.05, 0) is 25.1 Å². The number of benzene rings is 1. The van der Waals surface area contributed by atoms with Gasteiger partial charge in [-0.1, -0.05) is 41.4 Å². The van der Waals surface area contributed by atoms with E-state index in [1.54, 1.807) is 6.07 Å². The van der Waals surface area contributed by atoms with Gasteiger partial charge in [0.1, 0.15) is 5.82 Å². The van der Waals surface area contributed by atoms with Crippen molar-refractivity contribution < 1.29 is 4.79 Å². The molecule has 1 aromatic carbocycles. The van der Waals surface area contributed by atoms with E-state index in [1.165, 1.54) is 6.20 Å². The summed E-state index contributed by atoms with van der Waals surface area (Å²) in [5.41, 5.74) is 1.03. The molecule has 0 atom stereocenters. The second-order valence-corrected chi connectivity index (χ2v) is 5.95. The summed E-state index contributed by atoms with van der Waals surface area (Å²) < 4.78 is 0. The van der Waals surface area contributed by atoms with Gasteiger partial charge in [-0.15, -0.1) is 0 Å². The number of nitrogens with zero attached hydrogens (tertiary/aromatic N) is 2. The fourth-order valence-electron chi connectivity index (χ4n) is 2.18. The van der Waals surface area contributed by atoms with Crippen molar-refractivity contribution in [3.63, 3.8) is 0 Å². The third-order valence-corrected chi connectivity index (χ3v) is 3.88. The van der Waals surface area contributed by atoms with Gasteiger partial charge in [0.25, 0.3) is 0 Å². The Balaban J connectivity index is 1.74. The quantitative estimate of drug-likeness (QED) is 0.702. The van der Waals surface area contributed by atoms with Gasteiger partial charge >= 0.3 is 0 Å². The van der Waals surface area contributed by atoms with E-state index < -0.39 is 0 Å². The molecule has 2 rings (SSSR count). The number of rotatable bonds is 8. The molecule has 0 fully saturated rings. The Morgan fingerprint density at radius 1 is 1.21 bits per heavy atom. The zero-order valence-corrected chi connectivity index (χ0v) is 14.9. The minimum absolute atomic E-state index is 0.0299. The van der Waals surface area contributed by atoms with Gasteiger partial charge in [0, 0.05) is 31.5 Å². The Kier molecular flexibility index (Phi) is 7.15. The van der Waals surface area contributed by atoms with Crippen LogP contribution in [0.2, 0.25) is 10.0 Å². The SMILES string of the molecule is CCN(CC(=O)NCCNc1ncc(Cl)cc1Cl)c1ccccc1. The van der Waals surface area contributed by atoms with Crippen molar-refractivity contribution >= 4 is 40.6 Å². The molecule has 2 aromatic rings. The standard InChI is InChI=1S/C17H20Cl2N4O/c1-2-23(14-6-4-3-5-7-14)12-16(24)20-8-9-21-17-15(19)10-13(18)11-22-17/h3-7,10-11H,2,8-9,12H2,1H3,(H,20,24)(H,21,22). The Labute approximate surface area is 152 Å². The van der Waals surface area contributed by atoms with E-state index in [4.69, 9.17) is 23.2 Å². The van der Waals surface area contributed by atoms with Crippen molar-refractivity contribution in [2.24, 2.45) is 0 Å². The molecule has 1 heterocycles. The number of pyridine rings is 1. The molecule has 0 bridgehead atoms. The molecular weight excluding hydrogens is 347 g/mol. The summed E-state index contributed by atoms with van der Waals surface area (Å²) in [6.07, 6.45) is 1.52. The molecule has 5 nitrogen and oxygen atoms in total. The van der Waals surface area contributed by atoms with Crippen LogP contribution >= 0.6 is 23.2 Å². The van der Waals surface area contributed by atoms with Gasteiger partial charge in [0.05, 0.1) is 16.6 Å². The van der Waals surface area contributed by atoms with Crippen LogP contribution < -0.4 is 15.5 Å². The smallest absolute Gasteiger partial charge is 0.239 e. The first-order valence-electron chi connectivity index (χ1n) is 7.71. The Morgan fingerprint density at radius 3 is 2.62 bits per heavy atom. The van der Waals surface area contributed by atoms with E-state index in [-0.39, 0.29) is 5.91 Å². The van der Waals surface area contributed by atoms with Crippen molar-refractivity contribution in [1.82, 2.24) is 10.3 Å². The van der Waals surface area contributed by atoms with E-state index in [1.807, 2.05) is 42.2 Å². The lowest BCUT2D eigenvalue weighted by atomic mass is 10.3. The summed E-state index contributed by atoms with van der Waals surface area (Å²) >= 11 is 11.8. The van der Waals surface area contributed by atoms with Gasteiger partial charge in [-0.3, -0.25) is 4.79 Å². The van der Waals surface area contributed by atoms with E-state index in [9.17, 15) is 4.79 Å². The molecule has 0 saturated heterocycles. The van der Waals surface area contributed by atoms with Gasteiger partial charge in [-0.2, -0.15) is 0 Å². The third kappa shape index (κ3) is 5.58. The molecular formula is C17H20Cl2N4O. The number of para-hydroxylation sites is 1. The van der Waals surface area contributed by atoms with Crippen LogP contribution in [0.3, 0.4) is 0 Å². The highest BCUT2D eigenvalue weighted by molar-refractivity contribution is 6.35. The third-order valence-electron chi connectivity index (χ3n) is 3.38. The van der Waals surface area contributed by atoms with Crippen LogP contribution in [0.25, 0.3) is 0 Å². The number of nitrogens with one attached hydrogen (secondary N) is 2. The van der Waals surface area contributed by atoms with Crippen LogP contribution in [0.4, 0.5) is 11.5 Å². The van der Waals surface area contributed by atoms with Gasteiger partial charge < -0.3 is 15.5 Å². The molecule has 0 aliphatic rings. The van der Waals surface area contributed by atoms with Crippen molar-refractivity contribution in [2.75, 3.05) is 36.4 Å². The second kappa shape index (κ2) is 9.35. The van der Waals surface area contributed by atoms with Crippen molar-refractivity contribution in [2.45, 2.75) is 6.92 Å². The van der Waals surface area contributed by atoms with Gasteiger partial charge in [-0.25, -0.2) is 4.98 Å². The molecule has 1 aromatic heterocycles. The predicted octanol–water partition coefficient (Wildman–Crippen LogP) is 3.44. The summed E-state index contributed by atoms with van der Waals surface area (Å²) in [7, 11) is 0. The lowest BCUT2D eigenvalue weighted by Gasteiger charge is -2.22. The van der Waals surface area contributed by atoms with Crippen LogP contribution in [-0.4, -0.2) is 37.1 Å². The fraction of sp³-hybridized carbons (Fsp3) is 0.294. The lowest BCUT2D eigenvalue weighted by molar-refractivity contribution is -0.119. The molecule has 128 valence electrons. The number of hydrogen-bond donors (Lipinski definition) is 2. The Bertz CT molecular complexity index is 667. The number of carbonyl (C=O) groups is 1. The number of anilines is 2. The van der Waals surface area contributed by atoms with E-state index in [0.29, 0.717) is 35.5 Å². The predicted molar refractivity (Wildman–Crippen MR) is 100 cm³/mol. The molecule has 0 unspecified atom stereocenters. The Morgan fingerprint density at radius 2 is 1.96 bits per heavy atom. The van der Waals surface area contributed by atoms with E-state index in [2.05, 4.69) is 15.6 Å². The average Bonchev–Trinajstić information content (AvgIpc) is 2.59. The molecule has 2 N–H and O–H groups in total. The summed E-state index contributed by atoms with van der Waals surface area (Å²) in [5.74, 6) is 0.521. The maximum absolute atomic E-state index is 12.1. The van der Waals surface area contributed by atoms with Crippen LogP contribution in [0.15, 0.2) is 42.6 Å². The highest BCUT2D eigenvalue weighted by Gasteiger charge is 2.09. The molecule has 0 aliphatic heterocycles. The normalized spacial score (nSPS) is 10.3. The molecule has 0 saturated carbocycles. The summed E-state index contributed by atoms with van der Waals surface area (Å²) in [5, 5.41) is 6.88. The zero-order valence-electron chi connectivity index (χ0n) is 13.4. The molecule has 7 heteroatoms. The number of carbonyl (C=O) groups excluding carboxylic acids is 1. The van der Waals surface area contributed by atoms with Crippen molar-refractivity contribution in [3.05, 3.63) is 52.6 Å². The van der Waals surface area contributed by atoms with Crippen LogP contribution in [0, 0.1) is 0 Å². The first kappa shape index (κ1) is 18.4. The van der Waals surface area contributed by atoms with E-state index in [0.717, 1.165) is 12.2 Å². The van der Waals surface area contributed by atoms with E-state index >= 15 is 0 Å². The highest BCUT2D eigenvalue weighted by atomic mass is 35.5. The minimum atomic E-state index is -0.0299. The summed E-state index contributed by atoms with van der Waals surface area (Å²) in [6, 6.07) is 11.5. The molecule has 1 amide bonds. The number of amides is 1. The van der Waals surface area contributed by atoms with Crippen LogP contribution in [0.5, 0.6) is 0 Å². The lowest BCUT2D eigenvalue weighted by Crippen LogP contribution is -2.39. The van der Waals surface area contributed by atoms with Crippen LogP contribution in [-0.2, 0) is 4.79 Å². The molecule has 0 radical (unpaired) electrons. The molecule has 0 aliphatic carbocycles. The average molecular weight is 367 g/mol. The number of hydrogen-bond acceptors (Lipinski definition) is 4. The monoisotopic (exact) mass is 366 g/mol. The minimum Gasteiger partial charge on any atom is -0.367 e. The summed E-state index contributed by atoms with van der Waals surface area (Å²) in [4.78, 5) is 18.2. The molecule has 24 heavy (non-hydrogen) atoms. The Hall–Kier alpha value is -1.98. The number of aromatic nitrogens is 1. The molecule has 0 spiro atoms. The number of likely N-dealkylation sites (N-methyl/N-ethyl adjacent to an activating group) is 1. The van der Waals surface area contributed by atoms with Crippen molar-refractivity contribution in [3.8, 4) is 0 Å².